The number of hydrogen-bond donors (Lipinski definition) is 2. The molecule has 1 saturated heterocycles. The van der Waals surface area contributed by atoms with Gasteiger partial charge in [0.15, 0.2) is 0 Å². The van der Waals surface area contributed by atoms with Crippen molar-refractivity contribution >= 4 is 59.1 Å². The fraction of sp³-hybridized carbons (Fsp3) is 0.375. The number of rotatable bonds is 5. The molecular formula is C16H19Cl3N4OS. The Bertz CT molecular complexity index is 719. The maximum atomic E-state index is 12.2. The third-order valence-corrected chi connectivity index (χ3v) is 5.47. The number of aromatic nitrogens is 2. The van der Waals surface area contributed by atoms with Gasteiger partial charge in [-0.15, -0.1) is 12.4 Å². The Balaban J connectivity index is 0.00000225. The lowest BCUT2D eigenvalue weighted by molar-refractivity contribution is -0.116. The number of halogens is 3. The zero-order chi connectivity index (χ0) is 16.9. The van der Waals surface area contributed by atoms with Gasteiger partial charge < -0.3 is 10.6 Å². The molecule has 25 heavy (non-hydrogen) atoms. The number of thioether (sulfide) groups is 1. The van der Waals surface area contributed by atoms with E-state index in [0.717, 1.165) is 23.6 Å². The Morgan fingerprint density at radius 3 is 2.96 bits per heavy atom. The first-order chi connectivity index (χ1) is 11.6. The molecule has 1 aliphatic rings. The Labute approximate surface area is 167 Å². The van der Waals surface area contributed by atoms with Crippen LogP contribution in [0.3, 0.4) is 0 Å². The number of hydrogen-bond acceptors (Lipinski definition) is 4. The van der Waals surface area contributed by atoms with Gasteiger partial charge in [0.25, 0.3) is 0 Å². The Morgan fingerprint density at radius 2 is 2.24 bits per heavy atom. The van der Waals surface area contributed by atoms with Crippen LogP contribution in [0.25, 0.3) is 0 Å². The van der Waals surface area contributed by atoms with E-state index in [4.69, 9.17) is 23.2 Å². The van der Waals surface area contributed by atoms with Crippen LogP contribution in [-0.2, 0) is 11.3 Å². The van der Waals surface area contributed by atoms with Gasteiger partial charge >= 0.3 is 0 Å². The lowest BCUT2D eigenvalue weighted by atomic mass is 10.2. The summed E-state index contributed by atoms with van der Waals surface area (Å²) in [5.41, 5.74) is 0.894. The van der Waals surface area contributed by atoms with E-state index in [2.05, 4.69) is 15.7 Å². The van der Waals surface area contributed by atoms with Gasteiger partial charge in [-0.3, -0.25) is 4.79 Å². The summed E-state index contributed by atoms with van der Waals surface area (Å²) < 4.78 is 1.72. The van der Waals surface area contributed by atoms with Crippen LogP contribution in [0.5, 0.6) is 0 Å². The molecule has 2 heterocycles. The normalized spacial score (nSPS) is 17.0. The molecule has 2 aromatic rings. The first-order valence-corrected chi connectivity index (χ1v) is 9.59. The SMILES string of the molecule is Cl.O=C(CC1CSCCN1)Nc1ccnn1Cc1ccc(Cl)cc1Cl. The second-order valence-corrected chi connectivity index (χ2v) is 7.58. The van der Waals surface area contributed by atoms with E-state index in [1.807, 2.05) is 17.8 Å². The molecule has 2 N–H and O–H groups in total. The molecule has 0 spiro atoms. The van der Waals surface area contributed by atoms with E-state index in [1.54, 1.807) is 29.1 Å². The number of nitrogens with one attached hydrogen (secondary N) is 2. The van der Waals surface area contributed by atoms with E-state index >= 15 is 0 Å². The Morgan fingerprint density at radius 1 is 1.40 bits per heavy atom. The third-order valence-electron chi connectivity index (χ3n) is 3.75. The highest BCUT2D eigenvalue weighted by Gasteiger charge is 2.17. The molecule has 1 aromatic heterocycles. The van der Waals surface area contributed by atoms with Gasteiger partial charge in [0, 0.05) is 46.6 Å². The molecule has 1 atom stereocenters. The predicted octanol–water partition coefficient (Wildman–Crippen LogP) is 3.69. The highest BCUT2D eigenvalue weighted by atomic mass is 35.5. The third kappa shape index (κ3) is 5.79. The zero-order valence-electron chi connectivity index (χ0n) is 13.4. The first kappa shape index (κ1) is 20.4. The number of benzene rings is 1. The lowest BCUT2D eigenvalue weighted by Crippen LogP contribution is -2.40. The van der Waals surface area contributed by atoms with Crippen LogP contribution >= 0.6 is 47.4 Å². The van der Waals surface area contributed by atoms with E-state index in [9.17, 15) is 4.79 Å². The second-order valence-electron chi connectivity index (χ2n) is 5.59. The zero-order valence-corrected chi connectivity index (χ0v) is 16.5. The maximum absolute atomic E-state index is 12.2. The van der Waals surface area contributed by atoms with Crippen molar-refractivity contribution in [2.45, 2.75) is 19.0 Å². The number of anilines is 1. The predicted molar refractivity (Wildman–Crippen MR) is 107 cm³/mol. The number of amides is 1. The highest BCUT2D eigenvalue weighted by molar-refractivity contribution is 7.99. The van der Waals surface area contributed by atoms with E-state index in [0.29, 0.717) is 28.8 Å². The molecule has 9 heteroatoms. The smallest absolute Gasteiger partial charge is 0.227 e. The molecule has 136 valence electrons. The molecule has 1 amide bonds. The van der Waals surface area contributed by atoms with Gasteiger partial charge in [-0.25, -0.2) is 4.68 Å². The standard InChI is InChI=1S/C16H18Cl2N4OS.ClH/c17-12-2-1-11(14(18)7-12)9-22-15(3-4-20-22)21-16(23)8-13-10-24-6-5-19-13;/h1-4,7,13,19H,5-6,8-10H2,(H,21,23);1H. The minimum Gasteiger partial charge on any atom is -0.312 e. The summed E-state index contributed by atoms with van der Waals surface area (Å²) >= 11 is 14.0. The number of carbonyl (C=O) groups excluding carboxylic acids is 1. The molecule has 1 fully saturated rings. The fourth-order valence-corrected chi connectivity index (χ4v) is 3.96. The molecule has 3 rings (SSSR count). The van der Waals surface area contributed by atoms with Crippen LogP contribution in [0.1, 0.15) is 12.0 Å². The fourth-order valence-electron chi connectivity index (χ4n) is 2.54. The summed E-state index contributed by atoms with van der Waals surface area (Å²) in [4.78, 5) is 12.2. The minimum absolute atomic E-state index is 0. The van der Waals surface area contributed by atoms with E-state index < -0.39 is 0 Å². The van der Waals surface area contributed by atoms with Crippen molar-refractivity contribution < 1.29 is 4.79 Å². The van der Waals surface area contributed by atoms with Crippen LogP contribution in [0.4, 0.5) is 5.82 Å². The van der Waals surface area contributed by atoms with Gasteiger partial charge in [0.1, 0.15) is 5.82 Å². The molecule has 0 saturated carbocycles. The van der Waals surface area contributed by atoms with Gasteiger partial charge in [-0.05, 0) is 17.7 Å². The molecule has 1 aromatic carbocycles. The van der Waals surface area contributed by atoms with Crippen molar-refractivity contribution in [1.82, 2.24) is 15.1 Å². The average Bonchev–Trinajstić information content (AvgIpc) is 2.98. The van der Waals surface area contributed by atoms with Gasteiger partial charge in [-0.2, -0.15) is 16.9 Å². The van der Waals surface area contributed by atoms with Crippen molar-refractivity contribution in [1.29, 1.82) is 0 Å². The molecule has 0 bridgehead atoms. The van der Waals surface area contributed by atoms with Crippen molar-refractivity contribution in [3.05, 3.63) is 46.1 Å². The number of nitrogens with zero attached hydrogens (tertiary/aromatic N) is 2. The highest BCUT2D eigenvalue weighted by Crippen LogP contribution is 2.23. The topological polar surface area (TPSA) is 59.0 Å². The molecule has 1 unspecified atom stereocenters. The average molecular weight is 422 g/mol. The van der Waals surface area contributed by atoms with Crippen LogP contribution < -0.4 is 10.6 Å². The van der Waals surface area contributed by atoms with Gasteiger partial charge in [0.2, 0.25) is 5.91 Å². The van der Waals surface area contributed by atoms with E-state index in [-0.39, 0.29) is 24.4 Å². The molecule has 5 nitrogen and oxygen atoms in total. The summed E-state index contributed by atoms with van der Waals surface area (Å²) in [7, 11) is 0. The van der Waals surface area contributed by atoms with Gasteiger partial charge in [0.05, 0.1) is 12.7 Å². The van der Waals surface area contributed by atoms with E-state index in [1.165, 1.54) is 0 Å². The monoisotopic (exact) mass is 420 g/mol. The van der Waals surface area contributed by atoms with Crippen LogP contribution in [0.2, 0.25) is 10.0 Å². The van der Waals surface area contributed by atoms with Crippen LogP contribution in [0.15, 0.2) is 30.5 Å². The largest absolute Gasteiger partial charge is 0.312 e. The van der Waals surface area contributed by atoms with Crippen molar-refractivity contribution in [3.63, 3.8) is 0 Å². The summed E-state index contributed by atoms with van der Waals surface area (Å²) in [5, 5.41) is 11.7. The summed E-state index contributed by atoms with van der Waals surface area (Å²) in [6.45, 7) is 1.42. The first-order valence-electron chi connectivity index (χ1n) is 7.68. The van der Waals surface area contributed by atoms with Crippen molar-refractivity contribution in [2.24, 2.45) is 0 Å². The number of carbonyl (C=O) groups is 1. The quantitative estimate of drug-likeness (QED) is 0.773. The van der Waals surface area contributed by atoms with Crippen molar-refractivity contribution in [3.8, 4) is 0 Å². The molecule has 1 aliphatic heterocycles. The lowest BCUT2D eigenvalue weighted by Gasteiger charge is -2.22. The molecule has 0 radical (unpaired) electrons. The molecular weight excluding hydrogens is 403 g/mol. The minimum atomic E-state index is -0.0149. The summed E-state index contributed by atoms with van der Waals surface area (Å²) in [6, 6.07) is 7.36. The summed E-state index contributed by atoms with van der Waals surface area (Å²) in [6.07, 6.45) is 2.12. The van der Waals surface area contributed by atoms with Crippen molar-refractivity contribution in [2.75, 3.05) is 23.4 Å². The van der Waals surface area contributed by atoms with Crippen LogP contribution in [-0.4, -0.2) is 39.8 Å². The Kier molecular flexibility index (Phi) is 7.90. The maximum Gasteiger partial charge on any atom is 0.227 e. The molecule has 0 aliphatic carbocycles. The Hall–Kier alpha value is -0.920. The summed E-state index contributed by atoms with van der Waals surface area (Å²) in [5.74, 6) is 2.72. The van der Waals surface area contributed by atoms with Gasteiger partial charge in [-0.1, -0.05) is 29.3 Å². The van der Waals surface area contributed by atoms with Crippen LogP contribution in [0, 0.1) is 0 Å². The second kappa shape index (κ2) is 9.69.